The molecule has 0 unspecified atom stereocenters. The van der Waals surface area contributed by atoms with Crippen LogP contribution in [0.15, 0.2) is 36.4 Å². The van der Waals surface area contributed by atoms with Crippen LogP contribution in [0.2, 0.25) is 0 Å². The van der Waals surface area contributed by atoms with Crippen molar-refractivity contribution < 1.29 is 29.0 Å². The minimum absolute atomic E-state index is 0.0791. The molecular formula is C26H32N6O6S. The van der Waals surface area contributed by atoms with Crippen LogP contribution in [0.4, 0.5) is 10.6 Å². The summed E-state index contributed by atoms with van der Waals surface area (Å²) in [6.45, 7) is 3.84. The normalized spacial score (nSPS) is 16.1. The van der Waals surface area contributed by atoms with Gasteiger partial charge in [-0.05, 0) is 13.3 Å². The Balaban J connectivity index is 1.53. The third kappa shape index (κ3) is 7.37. The summed E-state index contributed by atoms with van der Waals surface area (Å²) in [4.78, 5) is 64.4. The molecule has 3 heterocycles. The van der Waals surface area contributed by atoms with Crippen molar-refractivity contribution in [3.63, 3.8) is 0 Å². The van der Waals surface area contributed by atoms with E-state index < -0.39 is 29.9 Å². The number of carboxylic acids is 1. The minimum Gasteiger partial charge on any atom is -0.481 e. The third-order valence-corrected chi connectivity index (χ3v) is 7.39. The van der Waals surface area contributed by atoms with Gasteiger partial charge in [-0.25, -0.2) is 14.8 Å². The van der Waals surface area contributed by atoms with E-state index in [1.165, 1.54) is 9.80 Å². The van der Waals surface area contributed by atoms with E-state index in [9.17, 15) is 24.3 Å². The number of carbonyl (C=O) groups is 4. The molecule has 0 saturated carbocycles. The zero-order chi connectivity index (χ0) is 27.8. The van der Waals surface area contributed by atoms with Gasteiger partial charge in [0, 0.05) is 56.5 Å². The molecule has 1 atom stereocenters. The Morgan fingerprint density at radius 3 is 2.41 bits per heavy atom. The van der Waals surface area contributed by atoms with E-state index in [-0.39, 0.29) is 51.3 Å². The van der Waals surface area contributed by atoms with Crippen molar-refractivity contribution in [1.29, 1.82) is 0 Å². The zero-order valence-corrected chi connectivity index (χ0v) is 22.6. The molecule has 2 N–H and O–H groups in total. The molecule has 12 nitrogen and oxygen atoms in total. The van der Waals surface area contributed by atoms with Crippen LogP contribution in [0.1, 0.15) is 30.3 Å². The van der Waals surface area contributed by atoms with Gasteiger partial charge >= 0.3 is 12.1 Å². The molecule has 0 aliphatic carbocycles. The number of amides is 3. The Hall–Kier alpha value is -3.87. The Morgan fingerprint density at radius 2 is 1.77 bits per heavy atom. The summed E-state index contributed by atoms with van der Waals surface area (Å²) in [5.74, 6) is 0.626. The quantitative estimate of drug-likeness (QED) is 0.470. The van der Waals surface area contributed by atoms with Crippen LogP contribution >= 0.6 is 11.8 Å². The van der Waals surface area contributed by atoms with Gasteiger partial charge in [-0.1, -0.05) is 30.3 Å². The van der Waals surface area contributed by atoms with Crippen molar-refractivity contribution in [3.8, 4) is 11.4 Å². The van der Waals surface area contributed by atoms with E-state index in [2.05, 4.69) is 20.2 Å². The van der Waals surface area contributed by atoms with Gasteiger partial charge in [-0.2, -0.15) is 0 Å². The number of nitrogens with one attached hydrogen (secondary N) is 1. The van der Waals surface area contributed by atoms with E-state index in [1.54, 1.807) is 24.8 Å². The summed E-state index contributed by atoms with van der Waals surface area (Å²) in [6, 6.07) is 9.85. The van der Waals surface area contributed by atoms with Crippen molar-refractivity contribution in [2.75, 3.05) is 55.9 Å². The van der Waals surface area contributed by atoms with Crippen molar-refractivity contribution >= 4 is 41.5 Å². The van der Waals surface area contributed by atoms with Gasteiger partial charge in [0.05, 0.1) is 12.5 Å². The fourth-order valence-electron chi connectivity index (χ4n) is 4.33. The molecule has 2 saturated heterocycles. The number of thioether (sulfide) groups is 1. The van der Waals surface area contributed by atoms with Crippen molar-refractivity contribution in [3.05, 3.63) is 42.1 Å². The lowest BCUT2D eigenvalue weighted by Crippen LogP contribution is -2.56. The average molecular weight is 557 g/mol. The average Bonchev–Trinajstić information content (AvgIpc) is 3.50. The highest BCUT2D eigenvalue weighted by Gasteiger charge is 2.31. The lowest BCUT2D eigenvalue weighted by molar-refractivity contribution is -0.138. The van der Waals surface area contributed by atoms with Crippen LogP contribution in [0.5, 0.6) is 0 Å². The van der Waals surface area contributed by atoms with Gasteiger partial charge in [0.2, 0.25) is 5.91 Å². The van der Waals surface area contributed by atoms with E-state index in [1.807, 2.05) is 30.3 Å². The molecule has 1 aromatic carbocycles. The number of hydrogen-bond acceptors (Lipinski definition) is 9. The SMILES string of the molecule is CCOC(=O)N1CCN(C(=O)[C@H](CCC(=O)O)NC(=O)c2cc(N3CCSC3)nc(-c3ccccc3)n2)CC1. The lowest BCUT2D eigenvalue weighted by Gasteiger charge is -2.35. The molecule has 0 bridgehead atoms. The maximum absolute atomic E-state index is 13.4. The highest BCUT2D eigenvalue weighted by Crippen LogP contribution is 2.25. The smallest absolute Gasteiger partial charge is 0.409 e. The monoisotopic (exact) mass is 556 g/mol. The molecule has 2 aliphatic rings. The topological polar surface area (TPSA) is 145 Å². The zero-order valence-electron chi connectivity index (χ0n) is 21.7. The Morgan fingerprint density at radius 1 is 1.05 bits per heavy atom. The van der Waals surface area contributed by atoms with Gasteiger partial charge in [0.25, 0.3) is 5.91 Å². The first-order valence-corrected chi connectivity index (χ1v) is 14.0. The second-order valence-electron chi connectivity index (χ2n) is 9.07. The second kappa shape index (κ2) is 13.3. The molecule has 2 fully saturated rings. The summed E-state index contributed by atoms with van der Waals surface area (Å²) in [5.41, 5.74) is 0.842. The maximum Gasteiger partial charge on any atom is 0.409 e. The maximum atomic E-state index is 13.4. The molecule has 1 aromatic heterocycles. The number of hydrogen-bond donors (Lipinski definition) is 2. The number of aromatic nitrogens is 2. The summed E-state index contributed by atoms with van der Waals surface area (Å²) in [7, 11) is 0. The number of rotatable bonds is 9. The summed E-state index contributed by atoms with van der Waals surface area (Å²) in [5, 5.41) is 12.0. The van der Waals surface area contributed by atoms with E-state index >= 15 is 0 Å². The molecule has 2 aliphatic heterocycles. The fourth-order valence-corrected chi connectivity index (χ4v) is 5.29. The Kier molecular flexibility index (Phi) is 9.58. The summed E-state index contributed by atoms with van der Waals surface area (Å²) >= 11 is 1.76. The second-order valence-corrected chi connectivity index (χ2v) is 10.1. The van der Waals surface area contributed by atoms with Gasteiger partial charge in [0.15, 0.2) is 5.82 Å². The van der Waals surface area contributed by atoms with E-state index in [0.29, 0.717) is 11.6 Å². The molecule has 2 aromatic rings. The number of piperazine rings is 1. The molecule has 0 radical (unpaired) electrons. The molecule has 208 valence electrons. The van der Waals surface area contributed by atoms with E-state index in [4.69, 9.17) is 4.74 Å². The Labute approximate surface area is 230 Å². The third-order valence-electron chi connectivity index (χ3n) is 6.42. The first kappa shape index (κ1) is 28.1. The van der Waals surface area contributed by atoms with Crippen LogP contribution in [0.3, 0.4) is 0 Å². The molecule has 0 spiro atoms. The first-order valence-electron chi connectivity index (χ1n) is 12.9. The molecule has 4 rings (SSSR count). The molecule has 39 heavy (non-hydrogen) atoms. The number of carbonyl (C=O) groups excluding carboxylic acids is 3. The number of carboxylic acid groups (broad SMARTS) is 1. The highest BCUT2D eigenvalue weighted by molar-refractivity contribution is 7.99. The van der Waals surface area contributed by atoms with Gasteiger partial charge < -0.3 is 29.9 Å². The van der Waals surface area contributed by atoms with Gasteiger partial charge in [-0.15, -0.1) is 11.8 Å². The van der Waals surface area contributed by atoms with Crippen molar-refractivity contribution in [2.45, 2.75) is 25.8 Å². The fraction of sp³-hybridized carbons (Fsp3) is 0.462. The number of benzene rings is 1. The van der Waals surface area contributed by atoms with Crippen LogP contribution in [-0.4, -0.2) is 106 Å². The van der Waals surface area contributed by atoms with E-state index in [0.717, 1.165) is 23.7 Å². The summed E-state index contributed by atoms with van der Waals surface area (Å²) < 4.78 is 5.02. The number of nitrogens with zero attached hydrogens (tertiary/aromatic N) is 5. The van der Waals surface area contributed by atoms with Gasteiger partial charge in [0.1, 0.15) is 17.6 Å². The Bertz CT molecular complexity index is 1180. The van der Waals surface area contributed by atoms with Crippen molar-refractivity contribution in [2.24, 2.45) is 0 Å². The van der Waals surface area contributed by atoms with Crippen LogP contribution in [-0.2, 0) is 14.3 Å². The first-order chi connectivity index (χ1) is 18.9. The predicted molar refractivity (Wildman–Crippen MR) is 145 cm³/mol. The molecule has 3 amide bonds. The standard InChI is InChI=1S/C26H32N6O6S/c1-2-38-26(37)31-12-10-30(11-13-31)25(36)19(8-9-22(33)34)28-24(35)20-16-21(32-14-15-39-17-32)29-23(27-20)18-6-4-3-5-7-18/h3-7,16,19H,2,8-15,17H2,1H3,(H,28,35)(H,33,34)/t19-/m0/s1. The highest BCUT2D eigenvalue weighted by atomic mass is 32.2. The van der Waals surface area contributed by atoms with Crippen LogP contribution in [0, 0.1) is 0 Å². The lowest BCUT2D eigenvalue weighted by atomic mass is 10.1. The predicted octanol–water partition coefficient (Wildman–Crippen LogP) is 1.92. The van der Waals surface area contributed by atoms with Gasteiger partial charge in [-0.3, -0.25) is 14.4 Å². The minimum atomic E-state index is -1.07. The molecular weight excluding hydrogens is 524 g/mol. The number of ether oxygens (including phenoxy) is 1. The van der Waals surface area contributed by atoms with Crippen molar-refractivity contribution in [1.82, 2.24) is 25.1 Å². The largest absolute Gasteiger partial charge is 0.481 e. The summed E-state index contributed by atoms with van der Waals surface area (Å²) in [6.07, 6.45) is -0.815. The number of aliphatic carboxylic acids is 1. The number of anilines is 1. The van der Waals surface area contributed by atoms with Crippen LogP contribution < -0.4 is 10.2 Å². The molecule has 13 heteroatoms. The van der Waals surface area contributed by atoms with Crippen LogP contribution in [0.25, 0.3) is 11.4 Å².